The van der Waals surface area contributed by atoms with E-state index < -0.39 is 11.7 Å². The predicted molar refractivity (Wildman–Crippen MR) is 126 cm³/mol. The van der Waals surface area contributed by atoms with Gasteiger partial charge < -0.3 is 15.8 Å². The van der Waals surface area contributed by atoms with Gasteiger partial charge in [0.1, 0.15) is 0 Å². The maximum absolute atomic E-state index is 13.2. The van der Waals surface area contributed by atoms with Crippen LogP contribution in [0.5, 0.6) is 0 Å². The number of carbonyl (C=O) groups is 1. The molecule has 1 amide bonds. The van der Waals surface area contributed by atoms with E-state index in [0.717, 1.165) is 48.6 Å². The second kappa shape index (κ2) is 10.2. The summed E-state index contributed by atoms with van der Waals surface area (Å²) in [6.07, 6.45) is -0.784. The van der Waals surface area contributed by atoms with E-state index in [1.54, 1.807) is 30.5 Å². The Bertz CT molecular complexity index is 1140. The van der Waals surface area contributed by atoms with Crippen LogP contribution in [0.1, 0.15) is 63.1 Å². The molecule has 1 atom stereocenters. The molecule has 1 aliphatic heterocycles. The Morgan fingerprint density at radius 2 is 1.91 bits per heavy atom. The highest BCUT2D eigenvalue weighted by Crippen LogP contribution is 2.35. The summed E-state index contributed by atoms with van der Waals surface area (Å²) in [6.45, 7) is 3.44. The van der Waals surface area contributed by atoms with Crippen molar-refractivity contribution in [2.45, 2.75) is 44.4 Å². The molecule has 2 heterocycles. The summed E-state index contributed by atoms with van der Waals surface area (Å²) >= 11 is 1.41. The SMILES string of the molecule is C[C@@H](NC(=O)c1ncc(C2CCOCC2)s1)c1ccc(-c2cc(C(F)(F)F)ccc2CN)cc1. The van der Waals surface area contributed by atoms with Gasteiger partial charge in [0.15, 0.2) is 5.01 Å². The second-order valence-electron chi connectivity index (χ2n) is 8.35. The minimum atomic E-state index is -4.43. The van der Waals surface area contributed by atoms with E-state index in [-0.39, 0.29) is 18.5 Å². The predicted octanol–water partition coefficient (Wildman–Crippen LogP) is 5.67. The first-order chi connectivity index (χ1) is 16.3. The molecular formula is C25H26F3N3O2S. The third-order valence-electron chi connectivity index (χ3n) is 6.07. The van der Waals surface area contributed by atoms with Crippen LogP contribution in [0.3, 0.4) is 0 Å². The van der Waals surface area contributed by atoms with Crippen molar-refractivity contribution in [1.29, 1.82) is 0 Å². The molecule has 0 bridgehead atoms. The molecule has 0 aliphatic carbocycles. The Morgan fingerprint density at radius 3 is 2.56 bits per heavy atom. The van der Waals surface area contributed by atoms with Crippen LogP contribution in [0.25, 0.3) is 11.1 Å². The summed E-state index contributed by atoms with van der Waals surface area (Å²) in [6, 6.07) is 10.4. The van der Waals surface area contributed by atoms with Crippen LogP contribution in [-0.4, -0.2) is 24.1 Å². The number of ether oxygens (including phenoxy) is 1. The third kappa shape index (κ3) is 5.48. The summed E-state index contributed by atoms with van der Waals surface area (Å²) in [5.74, 6) is 0.134. The number of rotatable bonds is 6. The first-order valence-electron chi connectivity index (χ1n) is 11.1. The first-order valence-corrected chi connectivity index (χ1v) is 11.9. The van der Waals surface area contributed by atoms with Gasteiger partial charge in [0, 0.05) is 30.8 Å². The fourth-order valence-corrected chi connectivity index (χ4v) is 5.04. The van der Waals surface area contributed by atoms with Gasteiger partial charge in [-0.05, 0) is 60.1 Å². The van der Waals surface area contributed by atoms with Crippen LogP contribution in [-0.2, 0) is 17.5 Å². The molecule has 34 heavy (non-hydrogen) atoms. The minimum Gasteiger partial charge on any atom is -0.381 e. The number of nitrogens with two attached hydrogens (primary N) is 1. The fraction of sp³-hybridized carbons (Fsp3) is 0.360. The molecule has 0 radical (unpaired) electrons. The van der Waals surface area contributed by atoms with Gasteiger partial charge in [0.25, 0.3) is 5.91 Å². The molecule has 1 aliphatic rings. The fourth-order valence-electron chi connectivity index (χ4n) is 4.05. The zero-order chi connectivity index (χ0) is 24.3. The molecule has 1 saturated heterocycles. The average Bonchev–Trinajstić information content (AvgIpc) is 3.34. The van der Waals surface area contributed by atoms with Gasteiger partial charge in [-0.15, -0.1) is 11.3 Å². The van der Waals surface area contributed by atoms with Crippen LogP contribution < -0.4 is 11.1 Å². The molecule has 5 nitrogen and oxygen atoms in total. The lowest BCUT2D eigenvalue weighted by molar-refractivity contribution is -0.137. The van der Waals surface area contributed by atoms with Crippen molar-refractivity contribution in [1.82, 2.24) is 10.3 Å². The molecule has 0 unspecified atom stereocenters. The smallest absolute Gasteiger partial charge is 0.381 e. The van der Waals surface area contributed by atoms with Crippen molar-refractivity contribution < 1.29 is 22.7 Å². The molecule has 3 N–H and O–H groups in total. The molecule has 0 saturated carbocycles. The molecule has 0 spiro atoms. The Morgan fingerprint density at radius 1 is 1.21 bits per heavy atom. The quantitative estimate of drug-likeness (QED) is 0.468. The number of halogens is 3. The number of hydrogen-bond acceptors (Lipinski definition) is 5. The van der Waals surface area contributed by atoms with E-state index in [1.165, 1.54) is 17.4 Å². The summed E-state index contributed by atoms with van der Waals surface area (Å²) in [5, 5.41) is 3.37. The largest absolute Gasteiger partial charge is 0.416 e. The third-order valence-corrected chi connectivity index (χ3v) is 7.23. The lowest BCUT2D eigenvalue weighted by atomic mass is 9.95. The van der Waals surface area contributed by atoms with E-state index in [2.05, 4.69) is 10.3 Å². The van der Waals surface area contributed by atoms with Crippen LogP contribution in [0.15, 0.2) is 48.7 Å². The van der Waals surface area contributed by atoms with Crippen LogP contribution in [0, 0.1) is 0 Å². The minimum absolute atomic E-state index is 0.130. The first kappa shape index (κ1) is 24.4. The van der Waals surface area contributed by atoms with Crippen LogP contribution in [0.2, 0.25) is 0 Å². The molecule has 4 rings (SSSR count). The summed E-state index contributed by atoms with van der Waals surface area (Å²) in [7, 11) is 0. The van der Waals surface area contributed by atoms with E-state index in [0.29, 0.717) is 27.6 Å². The summed E-state index contributed by atoms with van der Waals surface area (Å²) in [5.41, 5.74) is 7.58. The molecule has 1 aromatic heterocycles. The van der Waals surface area contributed by atoms with Crippen molar-refractivity contribution in [3.05, 3.63) is 75.2 Å². The zero-order valence-corrected chi connectivity index (χ0v) is 19.5. The number of thiazole rings is 1. The van der Waals surface area contributed by atoms with Gasteiger partial charge in [-0.3, -0.25) is 4.79 Å². The highest BCUT2D eigenvalue weighted by atomic mass is 32.1. The highest BCUT2D eigenvalue weighted by Gasteiger charge is 2.31. The molecule has 9 heteroatoms. The van der Waals surface area contributed by atoms with Gasteiger partial charge in [0.05, 0.1) is 11.6 Å². The number of alkyl halides is 3. The monoisotopic (exact) mass is 489 g/mol. The van der Waals surface area contributed by atoms with Gasteiger partial charge >= 0.3 is 6.18 Å². The highest BCUT2D eigenvalue weighted by molar-refractivity contribution is 7.13. The van der Waals surface area contributed by atoms with Gasteiger partial charge in [0.2, 0.25) is 0 Å². The van der Waals surface area contributed by atoms with Crippen molar-refractivity contribution in [3.63, 3.8) is 0 Å². The number of nitrogens with zero attached hydrogens (tertiary/aromatic N) is 1. The summed E-state index contributed by atoms with van der Waals surface area (Å²) in [4.78, 5) is 18.1. The Hall–Kier alpha value is -2.75. The molecule has 2 aromatic carbocycles. The Labute approximate surface area is 200 Å². The van der Waals surface area contributed by atoms with E-state index in [1.807, 2.05) is 6.92 Å². The zero-order valence-electron chi connectivity index (χ0n) is 18.7. The van der Waals surface area contributed by atoms with E-state index in [4.69, 9.17) is 10.5 Å². The Kier molecular flexibility index (Phi) is 7.35. The topological polar surface area (TPSA) is 77.2 Å². The van der Waals surface area contributed by atoms with E-state index >= 15 is 0 Å². The van der Waals surface area contributed by atoms with Crippen LogP contribution >= 0.6 is 11.3 Å². The van der Waals surface area contributed by atoms with Crippen molar-refractivity contribution >= 4 is 17.2 Å². The number of hydrogen-bond donors (Lipinski definition) is 2. The van der Waals surface area contributed by atoms with Crippen molar-refractivity contribution in [2.75, 3.05) is 13.2 Å². The number of amides is 1. The number of carbonyl (C=O) groups excluding carboxylic acids is 1. The van der Waals surface area contributed by atoms with Crippen molar-refractivity contribution in [2.24, 2.45) is 5.73 Å². The van der Waals surface area contributed by atoms with Crippen molar-refractivity contribution in [3.8, 4) is 11.1 Å². The normalized spacial score (nSPS) is 15.8. The van der Waals surface area contributed by atoms with E-state index in [9.17, 15) is 18.0 Å². The molecule has 1 fully saturated rings. The second-order valence-corrected chi connectivity index (χ2v) is 9.41. The summed E-state index contributed by atoms with van der Waals surface area (Å²) < 4.78 is 44.9. The molecule has 180 valence electrons. The van der Waals surface area contributed by atoms with Gasteiger partial charge in [-0.2, -0.15) is 13.2 Å². The van der Waals surface area contributed by atoms with Crippen LogP contribution in [0.4, 0.5) is 13.2 Å². The number of benzene rings is 2. The average molecular weight is 490 g/mol. The number of nitrogens with one attached hydrogen (secondary N) is 1. The number of aromatic nitrogens is 1. The molecular weight excluding hydrogens is 463 g/mol. The molecule has 3 aromatic rings. The van der Waals surface area contributed by atoms with Gasteiger partial charge in [-0.25, -0.2) is 4.98 Å². The lowest BCUT2D eigenvalue weighted by Crippen LogP contribution is -2.26. The van der Waals surface area contributed by atoms with Gasteiger partial charge in [-0.1, -0.05) is 30.3 Å². The maximum atomic E-state index is 13.2. The Balaban J connectivity index is 1.46. The maximum Gasteiger partial charge on any atom is 0.416 e. The lowest BCUT2D eigenvalue weighted by Gasteiger charge is -2.20. The standard InChI is InChI=1S/C25H26F3N3O2S/c1-15(31-23(32)24-30-14-22(34-24)18-8-10-33-11-9-18)16-2-4-17(5-3-16)21-12-20(25(26,27)28)7-6-19(21)13-29/h2-7,12,14-15,18H,8-11,13,29H2,1H3,(H,31,32)/t15-/m1/s1.